The minimum absolute atomic E-state index is 0.706. The highest BCUT2D eigenvalue weighted by molar-refractivity contribution is 7.99. The predicted octanol–water partition coefficient (Wildman–Crippen LogP) is 5.16. The molecule has 0 bridgehead atoms. The lowest BCUT2D eigenvalue weighted by Crippen LogP contribution is -1.95. The fourth-order valence-corrected chi connectivity index (χ4v) is 2.98. The molecule has 0 aromatic heterocycles. The first-order valence-corrected chi connectivity index (χ1v) is 6.74. The number of aryl methyl sites for hydroxylation is 1. The Balaban J connectivity index is 2.04. The second-order valence-corrected chi connectivity index (χ2v) is 5.45. The van der Waals surface area contributed by atoms with E-state index in [0.29, 0.717) is 5.02 Å². The second-order valence-electron chi connectivity index (χ2n) is 3.93. The largest absolute Gasteiger partial charge is 0.455 e. The van der Waals surface area contributed by atoms with E-state index in [1.807, 2.05) is 24.3 Å². The minimum atomic E-state index is 0.706. The van der Waals surface area contributed by atoms with E-state index in [4.69, 9.17) is 16.3 Å². The molecule has 0 aliphatic carbocycles. The molecule has 0 amide bonds. The first-order chi connectivity index (χ1) is 8.26. The van der Waals surface area contributed by atoms with Gasteiger partial charge in [-0.15, -0.1) is 0 Å². The Kier molecular flexibility index (Phi) is 2.77. The van der Waals surface area contributed by atoms with Gasteiger partial charge in [-0.2, -0.15) is 0 Å². The van der Waals surface area contributed by atoms with Crippen LogP contribution in [0.5, 0.6) is 11.5 Å². The lowest BCUT2D eigenvalue weighted by Gasteiger charge is -2.20. The van der Waals surface area contributed by atoms with Crippen LogP contribution in [0.4, 0.5) is 0 Å². The zero-order valence-corrected chi connectivity index (χ0v) is 10.9. The minimum Gasteiger partial charge on any atom is -0.455 e. The summed E-state index contributed by atoms with van der Waals surface area (Å²) in [4.78, 5) is 2.30. The quantitative estimate of drug-likeness (QED) is 0.599. The number of hydrogen-bond donors (Lipinski definition) is 0. The molecule has 3 rings (SSSR count). The topological polar surface area (TPSA) is 9.23 Å². The fourth-order valence-electron chi connectivity index (χ4n) is 1.82. The Morgan fingerprint density at radius 3 is 2.76 bits per heavy atom. The molecule has 17 heavy (non-hydrogen) atoms. The highest BCUT2D eigenvalue weighted by Gasteiger charge is 2.17. The average Bonchev–Trinajstić information content (AvgIpc) is 2.35. The van der Waals surface area contributed by atoms with Gasteiger partial charge in [0.25, 0.3) is 0 Å². The third-order valence-corrected chi connectivity index (χ3v) is 4.09. The van der Waals surface area contributed by atoms with Crippen LogP contribution >= 0.6 is 23.4 Å². The van der Waals surface area contributed by atoms with Gasteiger partial charge in [-0.1, -0.05) is 36.4 Å². The summed E-state index contributed by atoms with van der Waals surface area (Å²) in [6.07, 6.45) is 1.04. The molecule has 1 heterocycles. The third kappa shape index (κ3) is 2.03. The van der Waals surface area contributed by atoms with Crippen LogP contribution in [0, 0.1) is 0 Å². The van der Waals surface area contributed by atoms with E-state index in [0.717, 1.165) is 22.8 Å². The summed E-state index contributed by atoms with van der Waals surface area (Å²) in [5, 5.41) is 0.706. The van der Waals surface area contributed by atoms with Crippen molar-refractivity contribution in [2.45, 2.75) is 23.1 Å². The summed E-state index contributed by atoms with van der Waals surface area (Å²) < 4.78 is 5.85. The summed E-state index contributed by atoms with van der Waals surface area (Å²) in [6, 6.07) is 12.1. The van der Waals surface area contributed by atoms with E-state index in [1.54, 1.807) is 11.8 Å². The molecule has 0 radical (unpaired) electrons. The van der Waals surface area contributed by atoms with Crippen LogP contribution in [0.25, 0.3) is 0 Å². The van der Waals surface area contributed by atoms with E-state index in [9.17, 15) is 0 Å². The highest BCUT2D eigenvalue weighted by Crippen LogP contribution is 2.47. The number of rotatable bonds is 1. The van der Waals surface area contributed by atoms with E-state index in [2.05, 4.69) is 19.1 Å². The van der Waals surface area contributed by atoms with Gasteiger partial charge in [0.15, 0.2) is 0 Å². The molecule has 1 nitrogen and oxygen atoms in total. The first kappa shape index (κ1) is 11.0. The van der Waals surface area contributed by atoms with Crippen molar-refractivity contribution < 1.29 is 4.74 Å². The number of hydrogen-bond acceptors (Lipinski definition) is 2. The van der Waals surface area contributed by atoms with Crippen LogP contribution in [-0.2, 0) is 6.42 Å². The van der Waals surface area contributed by atoms with Gasteiger partial charge in [0.1, 0.15) is 11.5 Å². The zero-order valence-electron chi connectivity index (χ0n) is 9.37. The van der Waals surface area contributed by atoms with E-state index < -0.39 is 0 Å². The average molecular weight is 263 g/mol. The number of fused-ring (bicyclic) bond motifs is 2. The molecular formula is C14H11ClOS. The number of halogens is 1. The Labute approximate surface area is 110 Å². The Bertz CT molecular complexity index is 580. The fraction of sp³-hybridized carbons (Fsp3) is 0.143. The van der Waals surface area contributed by atoms with E-state index in [1.165, 1.54) is 10.5 Å². The van der Waals surface area contributed by atoms with Gasteiger partial charge < -0.3 is 4.74 Å². The second kappa shape index (κ2) is 4.28. The van der Waals surface area contributed by atoms with E-state index in [-0.39, 0.29) is 0 Å². The maximum absolute atomic E-state index is 5.96. The summed E-state index contributed by atoms with van der Waals surface area (Å²) in [5.41, 5.74) is 1.33. The first-order valence-electron chi connectivity index (χ1n) is 5.54. The van der Waals surface area contributed by atoms with Crippen molar-refractivity contribution in [2.24, 2.45) is 0 Å². The normalized spacial score (nSPS) is 12.6. The molecule has 2 aromatic carbocycles. The molecule has 86 valence electrons. The molecular weight excluding hydrogens is 252 g/mol. The van der Waals surface area contributed by atoms with Gasteiger partial charge in [0, 0.05) is 11.1 Å². The molecule has 1 aliphatic rings. The highest BCUT2D eigenvalue weighted by atomic mass is 35.5. The van der Waals surface area contributed by atoms with Crippen LogP contribution < -0.4 is 4.74 Å². The molecule has 0 spiro atoms. The third-order valence-electron chi connectivity index (χ3n) is 2.76. The molecule has 0 N–H and O–H groups in total. The maximum Gasteiger partial charge on any atom is 0.142 e. The number of ether oxygens (including phenoxy) is 1. The lowest BCUT2D eigenvalue weighted by atomic mass is 10.2. The van der Waals surface area contributed by atoms with Crippen LogP contribution in [0.1, 0.15) is 12.5 Å². The monoisotopic (exact) mass is 262 g/mol. The van der Waals surface area contributed by atoms with Gasteiger partial charge in [-0.3, -0.25) is 0 Å². The summed E-state index contributed by atoms with van der Waals surface area (Å²) in [6.45, 7) is 2.16. The van der Waals surface area contributed by atoms with Gasteiger partial charge >= 0.3 is 0 Å². The van der Waals surface area contributed by atoms with Gasteiger partial charge in [0.05, 0.1) is 9.79 Å². The molecule has 2 aromatic rings. The molecule has 0 saturated carbocycles. The molecule has 3 heteroatoms. The molecule has 1 aliphatic heterocycles. The van der Waals surface area contributed by atoms with Crippen LogP contribution in [0.2, 0.25) is 5.02 Å². The molecule has 0 unspecified atom stereocenters. The van der Waals surface area contributed by atoms with Crippen LogP contribution in [0.3, 0.4) is 0 Å². The predicted molar refractivity (Wildman–Crippen MR) is 71.5 cm³/mol. The SMILES string of the molecule is CCc1ccc2c(c1)Sc1ccc(Cl)cc1O2. The van der Waals surface area contributed by atoms with Gasteiger partial charge in [-0.05, 0) is 36.2 Å². The van der Waals surface area contributed by atoms with Crippen molar-refractivity contribution in [1.82, 2.24) is 0 Å². The Morgan fingerprint density at radius 1 is 1.06 bits per heavy atom. The standard InChI is InChI=1S/C14H11ClOS/c1-2-9-3-5-11-14(7-9)17-13-6-4-10(15)8-12(13)16-11/h3-8H,2H2,1H3. The Hall–Kier alpha value is -1.12. The summed E-state index contributed by atoms with van der Waals surface area (Å²) in [5.74, 6) is 1.77. The van der Waals surface area contributed by atoms with Gasteiger partial charge in [0.2, 0.25) is 0 Å². The Morgan fingerprint density at radius 2 is 1.94 bits per heavy atom. The lowest BCUT2D eigenvalue weighted by molar-refractivity contribution is 0.454. The van der Waals surface area contributed by atoms with Crippen molar-refractivity contribution in [3.05, 3.63) is 47.0 Å². The molecule has 0 saturated heterocycles. The van der Waals surface area contributed by atoms with Crippen molar-refractivity contribution in [3.8, 4) is 11.5 Å². The zero-order chi connectivity index (χ0) is 11.8. The number of benzene rings is 2. The van der Waals surface area contributed by atoms with Crippen molar-refractivity contribution in [2.75, 3.05) is 0 Å². The summed E-state index contributed by atoms with van der Waals surface area (Å²) >= 11 is 7.70. The van der Waals surface area contributed by atoms with Crippen molar-refractivity contribution in [3.63, 3.8) is 0 Å². The van der Waals surface area contributed by atoms with Crippen LogP contribution in [0.15, 0.2) is 46.2 Å². The van der Waals surface area contributed by atoms with Crippen molar-refractivity contribution in [1.29, 1.82) is 0 Å². The van der Waals surface area contributed by atoms with Gasteiger partial charge in [-0.25, -0.2) is 0 Å². The molecule has 0 atom stereocenters. The summed E-state index contributed by atoms with van der Waals surface area (Å²) in [7, 11) is 0. The van der Waals surface area contributed by atoms with Crippen LogP contribution in [-0.4, -0.2) is 0 Å². The smallest absolute Gasteiger partial charge is 0.142 e. The maximum atomic E-state index is 5.96. The van der Waals surface area contributed by atoms with E-state index >= 15 is 0 Å². The molecule has 0 fully saturated rings. The van der Waals surface area contributed by atoms with Crippen molar-refractivity contribution >= 4 is 23.4 Å².